The number of rotatable bonds is 8. The Labute approximate surface area is 187 Å². The number of piperidine rings is 1. The summed E-state index contributed by atoms with van der Waals surface area (Å²) in [6, 6.07) is 7.98. The van der Waals surface area contributed by atoms with Gasteiger partial charge in [0.05, 0.1) is 26.2 Å². The predicted molar refractivity (Wildman–Crippen MR) is 121 cm³/mol. The third kappa shape index (κ3) is 6.15. The van der Waals surface area contributed by atoms with Gasteiger partial charge in [-0.3, -0.25) is 9.69 Å². The third-order valence-corrected chi connectivity index (χ3v) is 6.66. The minimum Gasteiger partial charge on any atom is -0.497 e. The molecular formula is C22H31N5O3S. The fourth-order valence-corrected chi connectivity index (χ4v) is 4.80. The van der Waals surface area contributed by atoms with E-state index in [9.17, 15) is 4.79 Å². The molecule has 1 aromatic carbocycles. The SMILES string of the molecule is COc1cccc(Cc2nsc(N3CCCC(C(=O)NCCN4CCOCC4)C3)n2)c1. The fraction of sp³-hybridized carbons (Fsp3) is 0.591. The molecule has 0 bridgehead atoms. The molecule has 1 atom stereocenters. The van der Waals surface area contributed by atoms with Crippen LogP contribution < -0.4 is 15.0 Å². The van der Waals surface area contributed by atoms with Crippen molar-refractivity contribution >= 4 is 22.6 Å². The molecule has 4 rings (SSSR count). The van der Waals surface area contributed by atoms with Crippen molar-refractivity contribution in [3.63, 3.8) is 0 Å². The molecule has 1 amide bonds. The number of morpholine rings is 1. The van der Waals surface area contributed by atoms with Crippen LogP contribution in [0.3, 0.4) is 0 Å². The first kappa shape index (κ1) is 22.0. The van der Waals surface area contributed by atoms with Crippen LogP contribution in [0, 0.1) is 5.92 Å². The van der Waals surface area contributed by atoms with Crippen LogP contribution in [0.2, 0.25) is 0 Å². The third-order valence-electron chi connectivity index (χ3n) is 5.85. The number of methoxy groups -OCH3 is 1. The van der Waals surface area contributed by atoms with Crippen LogP contribution in [0.1, 0.15) is 24.2 Å². The molecule has 0 radical (unpaired) electrons. The van der Waals surface area contributed by atoms with E-state index in [1.165, 1.54) is 11.5 Å². The van der Waals surface area contributed by atoms with E-state index in [1.54, 1.807) is 7.11 Å². The summed E-state index contributed by atoms with van der Waals surface area (Å²) >= 11 is 1.42. The van der Waals surface area contributed by atoms with Crippen LogP contribution in [0.25, 0.3) is 0 Å². The zero-order chi connectivity index (χ0) is 21.5. The molecule has 0 aliphatic carbocycles. The van der Waals surface area contributed by atoms with Gasteiger partial charge in [-0.25, -0.2) is 4.98 Å². The summed E-state index contributed by atoms with van der Waals surface area (Å²) in [5.41, 5.74) is 1.12. The number of benzene rings is 1. The molecule has 1 unspecified atom stereocenters. The number of hydrogen-bond acceptors (Lipinski definition) is 8. The van der Waals surface area contributed by atoms with Gasteiger partial charge in [-0.15, -0.1) is 0 Å². The summed E-state index contributed by atoms with van der Waals surface area (Å²) in [6.45, 7) is 6.67. The Hall–Kier alpha value is -2.23. The second-order valence-electron chi connectivity index (χ2n) is 8.05. The minimum absolute atomic E-state index is 0.00386. The van der Waals surface area contributed by atoms with E-state index in [0.717, 1.165) is 74.5 Å². The molecule has 2 aromatic rings. The lowest BCUT2D eigenvalue weighted by Crippen LogP contribution is -2.46. The zero-order valence-electron chi connectivity index (χ0n) is 18.1. The Bertz CT molecular complexity index is 855. The number of carbonyl (C=O) groups is 1. The summed E-state index contributed by atoms with van der Waals surface area (Å²) in [4.78, 5) is 22.0. The van der Waals surface area contributed by atoms with Crippen molar-refractivity contribution < 1.29 is 14.3 Å². The molecule has 2 saturated heterocycles. The Balaban J connectivity index is 1.27. The van der Waals surface area contributed by atoms with E-state index in [-0.39, 0.29) is 11.8 Å². The van der Waals surface area contributed by atoms with Gasteiger partial charge in [0.1, 0.15) is 11.6 Å². The van der Waals surface area contributed by atoms with Crippen LogP contribution in [-0.4, -0.2) is 79.8 Å². The first-order valence-corrected chi connectivity index (χ1v) is 11.8. The maximum absolute atomic E-state index is 12.7. The Morgan fingerprint density at radius 2 is 2.19 bits per heavy atom. The van der Waals surface area contributed by atoms with Gasteiger partial charge in [0.25, 0.3) is 0 Å². The van der Waals surface area contributed by atoms with Crippen LogP contribution in [0.15, 0.2) is 24.3 Å². The van der Waals surface area contributed by atoms with E-state index >= 15 is 0 Å². The topological polar surface area (TPSA) is 79.8 Å². The van der Waals surface area contributed by atoms with Gasteiger partial charge in [0, 0.05) is 57.2 Å². The van der Waals surface area contributed by atoms with Crippen molar-refractivity contribution in [2.45, 2.75) is 19.3 Å². The smallest absolute Gasteiger partial charge is 0.224 e. The second kappa shape index (κ2) is 10.9. The Morgan fingerprint density at radius 1 is 1.32 bits per heavy atom. The van der Waals surface area contributed by atoms with Crippen LogP contribution in [-0.2, 0) is 16.0 Å². The van der Waals surface area contributed by atoms with Gasteiger partial charge < -0.3 is 19.7 Å². The highest BCUT2D eigenvalue weighted by Crippen LogP contribution is 2.26. The van der Waals surface area contributed by atoms with Crippen molar-refractivity contribution in [2.24, 2.45) is 5.92 Å². The molecule has 31 heavy (non-hydrogen) atoms. The Kier molecular flexibility index (Phi) is 7.71. The van der Waals surface area contributed by atoms with E-state index in [1.807, 2.05) is 18.2 Å². The molecule has 1 aromatic heterocycles. The highest BCUT2D eigenvalue weighted by molar-refractivity contribution is 7.09. The standard InChI is InChI=1S/C22H31N5O3S/c1-29-19-6-2-4-17(14-19)15-20-24-22(31-25-20)27-8-3-5-18(16-27)21(28)23-7-9-26-10-12-30-13-11-26/h2,4,6,14,18H,3,5,7-13,15-16H2,1H3,(H,23,28). The predicted octanol–water partition coefficient (Wildman–Crippen LogP) is 1.80. The molecule has 0 saturated carbocycles. The van der Waals surface area contributed by atoms with Crippen molar-refractivity contribution in [2.75, 3.05) is 64.5 Å². The first-order valence-electron chi connectivity index (χ1n) is 11.0. The van der Waals surface area contributed by atoms with E-state index in [4.69, 9.17) is 14.5 Å². The average Bonchev–Trinajstić information content (AvgIpc) is 3.28. The molecule has 0 spiro atoms. The van der Waals surface area contributed by atoms with Crippen LogP contribution in [0.4, 0.5) is 5.13 Å². The number of hydrogen-bond donors (Lipinski definition) is 1. The molecule has 2 aliphatic rings. The van der Waals surface area contributed by atoms with Gasteiger partial charge >= 0.3 is 0 Å². The lowest BCUT2D eigenvalue weighted by atomic mass is 9.97. The largest absolute Gasteiger partial charge is 0.497 e. The summed E-state index contributed by atoms with van der Waals surface area (Å²) in [5, 5.41) is 4.03. The van der Waals surface area contributed by atoms with Crippen molar-refractivity contribution in [1.82, 2.24) is 19.6 Å². The monoisotopic (exact) mass is 445 g/mol. The first-order chi connectivity index (χ1) is 15.2. The molecule has 8 nitrogen and oxygen atoms in total. The summed E-state index contributed by atoms with van der Waals surface area (Å²) < 4.78 is 15.2. The molecule has 9 heteroatoms. The summed E-state index contributed by atoms with van der Waals surface area (Å²) in [6.07, 6.45) is 2.59. The van der Waals surface area contributed by atoms with E-state index in [2.05, 4.69) is 25.6 Å². The molecule has 2 aliphatic heterocycles. The number of amides is 1. The van der Waals surface area contributed by atoms with Gasteiger partial charge in [-0.2, -0.15) is 4.37 Å². The van der Waals surface area contributed by atoms with Gasteiger partial charge in [-0.05, 0) is 30.5 Å². The summed E-state index contributed by atoms with van der Waals surface area (Å²) in [5.74, 6) is 1.81. The quantitative estimate of drug-likeness (QED) is 0.664. The zero-order valence-corrected chi connectivity index (χ0v) is 18.9. The lowest BCUT2D eigenvalue weighted by molar-refractivity contribution is -0.125. The molecule has 168 valence electrons. The number of nitrogens with zero attached hydrogens (tertiary/aromatic N) is 4. The van der Waals surface area contributed by atoms with Crippen molar-refractivity contribution in [1.29, 1.82) is 0 Å². The van der Waals surface area contributed by atoms with Gasteiger partial charge in [0.15, 0.2) is 0 Å². The normalized spacial score (nSPS) is 19.9. The van der Waals surface area contributed by atoms with Gasteiger partial charge in [-0.1, -0.05) is 12.1 Å². The average molecular weight is 446 g/mol. The maximum atomic E-state index is 12.7. The molecular weight excluding hydrogens is 414 g/mol. The Morgan fingerprint density at radius 3 is 3.03 bits per heavy atom. The second-order valence-corrected chi connectivity index (χ2v) is 8.78. The number of anilines is 1. The molecule has 2 fully saturated rings. The highest BCUT2D eigenvalue weighted by atomic mass is 32.1. The highest BCUT2D eigenvalue weighted by Gasteiger charge is 2.27. The fourth-order valence-electron chi connectivity index (χ4n) is 4.08. The number of ether oxygens (including phenoxy) is 2. The summed E-state index contributed by atoms with van der Waals surface area (Å²) in [7, 11) is 1.67. The number of nitrogens with one attached hydrogen (secondary N) is 1. The molecule has 3 heterocycles. The number of aromatic nitrogens is 2. The lowest BCUT2D eigenvalue weighted by Gasteiger charge is -2.32. The number of carbonyl (C=O) groups excluding carboxylic acids is 1. The van der Waals surface area contributed by atoms with Crippen molar-refractivity contribution in [3.8, 4) is 5.75 Å². The van der Waals surface area contributed by atoms with Gasteiger partial charge in [0.2, 0.25) is 11.0 Å². The maximum Gasteiger partial charge on any atom is 0.224 e. The minimum atomic E-state index is 0.00386. The van der Waals surface area contributed by atoms with Crippen LogP contribution in [0.5, 0.6) is 5.75 Å². The molecule has 1 N–H and O–H groups in total. The van der Waals surface area contributed by atoms with Crippen LogP contribution >= 0.6 is 11.5 Å². The van der Waals surface area contributed by atoms with E-state index < -0.39 is 0 Å². The van der Waals surface area contributed by atoms with E-state index in [0.29, 0.717) is 19.5 Å². The van der Waals surface area contributed by atoms with Crippen molar-refractivity contribution in [3.05, 3.63) is 35.7 Å².